The second-order valence-electron chi connectivity index (χ2n) is 9.38. The Morgan fingerprint density at radius 2 is 1.84 bits per heavy atom. The van der Waals surface area contributed by atoms with E-state index in [4.69, 9.17) is 17.0 Å². The van der Waals surface area contributed by atoms with Crippen molar-refractivity contribution in [3.05, 3.63) is 88.8 Å². The molecule has 8 nitrogen and oxygen atoms in total. The van der Waals surface area contributed by atoms with Gasteiger partial charge in [-0.1, -0.05) is 66.1 Å². The number of carbonyl (C=O) groups is 3. The summed E-state index contributed by atoms with van der Waals surface area (Å²) in [5.74, 6) is -0.763. The van der Waals surface area contributed by atoms with Crippen LogP contribution in [-0.4, -0.2) is 55.9 Å². The first-order valence-electron chi connectivity index (χ1n) is 13.0. The van der Waals surface area contributed by atoms with E-state index in [1.807, 2.05) is 12.1 Å². The van der Waals surface area contributed by atoms with Gasteiger partial charge in [0.2, 0.25) is 11.8 Å². The van der Waals surface area contributed by atoms with Gasteiger partial charge in [-0.05, 0) is 54.1 Å². The normalized spacial score (nSPS) is 14.5. The Morgan fingerprint density at radius 3 is 2.57 bits per heavy atom. The van der Waals surface area contributed by atoms with Crippen LogP contribution in [0.15, 0.2) is 82.9 Å². The van der Waals surface area contributed by atoms with Crippen molar-refractivity contribution in [1.29, 1.82) is 0 Å². The smallest absolute Gasteiger partial charge is 0.416 e. The average Bonchev–Trinajstić information content (AvgIpc) is 3.50. The maximum Gasteiger partial charge on any atom is 0.416 e. The van der Waals surface area contributed by atoms with Crippen molar-refractivity contribution in [3.63, 3.8) is 0 Å². The van der Waals surface area contributed by atoms with E-state index in [0.29, 0.717) is 26.0 Å². The van der Waals surface area contributed by atoms with Crippen LogP contribution in [0.25, 0.3) is 17.1 Å². The summed E-state index contributed by atoms with van der Waals surface area (Å²) in [4.78, 5) is 45.5. The van der Waals surface area contributed by atoms with Crippen molar-refractivity contribution in [1.82, 2.24) is 14.5 Å². The standard InChI is InChI=1S/C30H23F3N4O4S3/c1-41-21-11-9-18(10-12-21)15-24-27(40)36(29(42)44-24)14-13-26(39)37-23-8-3-2-7-22(23)35-28(37)43-17-25(38)34-20-6-4-5-19(16-20)30(31,32)33/h2-12,15-16H,13-14,17H2,1H3,(H,34,38). The number of ether oxygens (including phenoxy) is 1. The van der Waals surface area contributed by atoms with E-state index in [2.05, 4.69) is 10.3 Å². The zero-order chi connectivity index (χ0) is 31.4. The number of hydrogen-bond acceptors (Lipinski definition) is 8. The molecule has 1 aromatic heterocycles. The predicted octanol–water partition coefficient (Wildman–Crippen LogP) is 6.73. The number of imidazole rings is 1. The molecule has 0 atom stereocenters. The fourth-order valence-corrected chi connectivity index (χ4v) is 6.44. The number of benzene rings is 3. The molecule has 0 spiro atoms. The van der Waals surface area contributed by atoms with Crippen LogP contribution in [0.3, 0.4) is 0 Å². The fourth-order valence-electron chi connectivity index (χ4n) is 4.31. The molecule has 2 amide bonds. The minimum Gasteiger partial charge on any atom is -0.497 e. The molecule has 1 fully saturated rings. The lowest BCUT2D eigenvalue weighted by atomic mass is 10.2. The summed E-state index contributed by atoms with van der Waals surface area (Å²) in [5.41, 5.74) is 0.955. The quantitative estimate of drug-likeness (QED) is 0.121. The second-order valence-corrected chi connectivity index (χ2v) is 12.0. The second kappa shape index (κ2) is 13.2. The van der Waals surface area contributed by atoms with Crippen molar-refractivity contribution >= 4 is 80.6 Å². The summed E-state index contributed by atoms with van der Waals surface area (Å²) in [5, 5.41) is 2.69. The monoisotopic (exact) mass is 656 g/mol. The summed E-state index contributed by atoms with van der Waals surface area (Å²) in [6.07, 6.45) is -2.90. The van der Waals surface area contributed by atoms with Crippen molar-refractivity contribution in [3.8, 4) is 5.75 Å². The molecule has 1 aliphatic heterocycles. The van der Waals surface area contributed by atoms with E-state index in [-0.39, 0.29) is 41.4 Å². The third kappa shape index (κ3) is 7.14. The number of halogens is 3. The molecule has 1 aliphatic rings. The molecule has 14 heteroatoms. The third-order valence-electron chi connectivity index (χ3n) is 6.42. The highest BCUT2D eigenvalue weighted by atomic mass is 32.2. The predicted molar refractivity (Wildman–Crippen MR) is 169 cm³/mol. The molecular formula is C30H23F3N4O4S3. The Hall–Kier alpha value is -4.14. The van der Waals surface area contributed by atoms with Crippen LogP contribution in [0.5, 0.6) is 5.75 Å². The Morgan fingerprint density at radius 1 is 1.09 bits per heavy atom. The molecule has 0 aliphatic carbocycles. The number of fused-ring (bicyclic) bond motifs is 1. The lowest BCUT2D eigenvalue weighted by Crippen LogP contribution is -2.31. The van der Waals surface area contributed by atoms with Crippen molar-refractivity contribution in [2.45, 2.75) is 17.8 Å². The van der Waals surface area contributed by atoms with Gasteiger partial charge in [0.25, 0.3) is 5.91 Å². The number of thiocarbonyl (C=S) groups is 1. The van der Waals surface area contributed by atoms with Crippen LogP contribution in [0.2, 0.25) is 0 Å². The SMILES string of the molecule is COc1ccc(C=C2SC(=S)N(CCC(=O)n3c(SCC(=O)Nc4cccc(C(F)(F)F)c4)nc4ccccc43)C2=O)cc1. The number of aromatic nitrogens is 2. The van der Waals surface area contributed by atoms with E-state index in [9.17, 15) is 27.6 Å². The number of amides is 2. The molecule has 4 aromatic rings. The van der Waals surface area contributed by atoms with Gasteiger partial charge in [-0.15, -0.1) is 0 Å². The van der Waals surface area contributed by atoms with Gasteiger partial charge < -0.3 is 10.1 Å². The number of anilines is 1. The topological polar surface area (TPSA) is 93.5 Å². The van der Waals surface area contributed by atoms with Crippen LogP contribution >= 0.6 is 35.7 Å². The van der Waals surface area contributed by atoms with Crippen molar-refractivity contribution < 1.29 is 32.3 Å². The molecule has 0 bridgehead atoms. The first-order valence-corrected chi connectivity index (χ1v) is 15.2. The number of alkyl halides is 3. The van der Waals surface area contributed by atoms with Gasteiger partial charge >= 0.3 is 6.18 Å². The van der Waals surface area contributed by atoms with E-state index < -0.39 is 17.6 Å². The molecular weight excluding hydrogens is 634 g/mol. The Bertz CT molecular complexity index is 1790. The first-order chi connectivity index (χ1) is 21.0. The lowest BCUT2D eigenvalue weighted by molar-refractivity contribution is -0.137. The summed E-state index contributed by atoms with van der Waals surface area (Å²) in [6.45, 7) is 0.0378. The highest BCUT2D eigenvalue weighted by Crippen LogP contribution is 2.34. The molecule has 1 N–H and O–H groups in total. The van der Waals surface area contributed by atoms with Crippen LogP contribution in [-0.2, 0) is 15.8 Å². The maximum atomic E-state index is 13.5. The molecule has 1 saturated heterocycles. The van der Waals surface area contributed by atoms with E-state index in [1.54, 1.807) is 49.6 Å². The van der Waals surface area contributed by atoms with Crippen LogP contribution in [0.4, 0.5) is 18.9 Å². The number of thioether (sulfide) groups is 2. The number of para-hydroxylation sites is 2. The number of nitrogens with zero attached hydrogens (tertiary/aromatic N) is 3. The lowest BCUT2D eigenvalue weighted by Gasteiger charge is -2.15. The number of rotatable bonds is 9. The number of nitrogens with one attached hydrogen (secondary N) is 1. The fraction of sp³-hybridized carbons (Fsp3) is 0.167. The van der Waals surface area contributed by atoms with Gasteiger partial charge in [0.1, 0.15) is 10.1 Å². The first kappa shape index (κ1) is 31.3. The van der Waals surface area contributed by atoms with E-state index >= 15 is 0 Å². The van der Waals surface area contributed by atoms with Crippen molar-refractivity contribution in [2.24, 2.45) is 0 Å². The molecule has 3 aromatic carbocycles. The number of methoxy groups -OCH3 is 1. The molecule has 226 valence electrons. The summed E-state index contributed by atoms with van der Waals surface area (Å²) in [7, 11) is 1.57. The van der Waals surface area contributed by atoms with Crippen LogP contribution in [0.1, 0.15) is 22.3 Å². The Labute approximate surface area is 263 Å². The summed E-state index contributed by atoms with van der Waals surface area (Å²) in [6, 6.07) is 18.5. The van der Waals surface area contributed by atoms with Crippen LogP contribution < -0.4 is 10.1 Å². The zero-order valence-electron chi connectivity index (χ0n) is 23.0. The Kier molecular flexibility index (Phi) is 9.42. The van der Waals surface area contributed by atoms with Gasteiger partial charge in [0, 0.05) is 18.7 Å². The Balaban J connectivity index is 1.26. The van der Waals surface area contributed by atoms with Crippen LogP contribution in [0, 0.1) is 0 Å². The third-order valence-corrected chi connectivity index (χ3v) is 8.74. The molecule has 0 radical (unpaired) electrons. The maximum absolute atomic E-state index is 13.5. The van der Waals surface area contributed by atoms with Gasteiger partial charge in [-0.25, -0.2) is 4.98 Å². The van der Waals surface area contributed by atoms with E-state index in [1.165, 1.54) is 21.6 Å². The highest BCUT2D eigenvalue weighted by molar-refractivity contribution is 8.26. The molecule has 44 heavy (non-hydrogen) atoms. The summed E-state index contributed by atoms with van der Waals surface area (Å²) < 4.78 is 46.0. The van der Waals surface area contributed by atoms with Gasteiger partial charge in [0.15, 0.2) is 5.16 Å². The van der Waals surface area contributed by atoms with Gasteiger partial charge in [0.05, 0.1) is 34.4 Å². The zero-order valence-corrected chi connectivity index (χ0v) is 25.4. The summed E-state index contributed by atoms with van der Waals surface area (Å²) >= 11 is 7.54. The number of carbonyl (C=O) groups excluding carboxylic acids is 3. The molecule has 2 heterocycles. The molecule has 0 unspecified atom stereocenters. The molecule has 5 rings (SSSR count). The average molecular weight is 657 g/mol. The van der Waals surface area contributed by atoms with Gasteiger partial charge in [-0.3, -0.25) is 23.9 Å². The molecule has 0 saturated carbocycles. The highest BCUT2D eigenvalue weighted by Gasteiger charge is 2.33. The largest absolute Gasteiger partial charge is 0.497 e. The number of hydrogen-bond donors (Lipinski definition) is 1. The van der Waals surface area contributed by atoms with Crippen molar-refractivity contribution in [2.75, 3.05) is 24.7 Å². The van der Waals surface area contributed by atoms with Gasteiger partial charge in [-0.2, -0.15) is 13.2 Å². The minimum atomic E-state index is -4.54. The van der Waals surface area contributed by atoms with E-state index in [0.717, 1.165) is 41.2 Å². The minimum absolute atomic E-state index is 0.000432.